The molecule has 134 valence electrons. The zero-order chi connectivity index (χ0) is 18.0. The average Bonchev–Trinajstić information content (AvgIpc) is 3.04. The molecule has 0 aliphatic heterocycles. The predicted octanol–water partition coefficient (Wildman–Crippen LogP) is 3.79. The fraction of sp³-hybridized carbons (Fsp3) is 0.500. The Bertz CT molecular complexity index is 747. The lowest BCUT2D eigenvalue weighted by atomic mass is 9.82. The molecule has 2 aromatic rings. The summed E-state index contributed by atoms with van der Waals surface area (Å²) in [7, 11) is 1.90. The third-order valence-corrected chi connectivity index (χ3v) is 6.14. The Hall–Kier alpha value is -1.72. The molecule has 1 aromatic carbocycles. The summed E-state index contributed by atoms with van der Waals surface area (Å²) in [6.45, 7) is 5.44. The number of fused-ring (bicyclic) bond motifs is 1. The van der Waals surface area contributed by atoms with Gasteiger partial charge in [-0.3, -0.25) is 4.79 Å². The van der Waals surface area contributed by atoms with Gasteiger partial charge in [0.15, 0.2) is 0 Å². The highest BCUT2D eigenvalue weighted by molar-refractivity contribution is 7.18. The lowest BCUT2D eigenvalue weighted by Gasteiger charge is -2.34. The van der Waals surface area contributed by atoms with E-state index in [-0.39, 0.29) is 23.2 Å². The zero-order valence-electron chi connectivity index (χ0n) is 15.2. The number of rotatable bonds is 5. The summed E-state index contributed by atoms with van der Waals surface area (Å²) >= 11 is 1.72. The molecular weight excluding hydrogens is 330 g/mol. The lowest BCUT2D eigenvalue weighted by molar-refractivity contribution is -0.136. The van der Waals surface area contributed by atoms with Crippen LogP contribution < -0.4 is 5.73 Å². The number of aromatic nitrogens is 1. The van der Waals surface area contributed by atoms with Crippen molar-refractivity contribution in [3.8, 4) is 0 Å². The van der Waals surface area contributed by atoms with E-state index in [1.807, 2.05) is 30.1 Å². The predicted molar refractivity (Wildman–Crippen MR) is 105 cm³/mol. The van der Waals surface area contributed by atoms with Gasteiger partial charge in [0.1, 0.15) is 0 Å². The SMILES string of the molecule is CN(CC(C)(C)CN)C(=O)C1CC=CCC1c1nc2ccccc2s1. The minimum absolute atomic E-state index is 0.0378. The van der Waals surface area contributed by atoms with Crippen LogP contribution >= 0.6 is 11.3 Å². The third-order valence-electron chi connectivity index (χ3n) is 4.97. The molecule has 1 aromatic heterocycles. The summed E-state index contributed by atoms with van der Waals surface area (Å²) in [4.78, 5) is 19.8. The number of allylic oxidation sites excluding steroid dienone is 2. The molecule has 2 atom stereocenters. The van der Waals surface area contributed by atoms with Crippen molar-refractivity contribution in [2.45, 2.75) is 32.6 Å². The minimum Gasteiger partial charge on any atom is -0.345 e. The van der Waals surface area contributed by atoms with Gasteiger partial charge in [-0.05, 0) is 36.9 Å². The number of hydrogen-bond acceptors (Lipinski definition) is 4. The van der Waals surface area contributed by atoms with Gasteiger partial charge in [-0.1, -0.05) is 38.1 Å². The molecule has 5 heteroatoms. The Labute approximate surface area is 153 Å². The quantitative estimate of drug-likeness (QED) is 0.828. The number of nitrogens with two attached hydrogens (primary N) is 1. The molecular formula is C20H27N3OS. The van der Waals surface area contributed by atoms with Crippen LogP contribution in [0.5, 0.6) is 0 Å². The van der Waals surface area contributed by atoms with E-state index in [2.05, 4.69) is 32.1 Å². The van der Waals surface area contributed by atoms with Crippen molar-refractivity contribution in [3.05, 3.63) is 41.4 Å². The molecule has 1 heterocycles. The van der Waals surface area contributed by atoms with E-state index in [4.69, 9.17) is 10.7 Å². The van der Waals surface area contributed by atoms with Crippen LogP contribution in [0.25, 0.3) is 10.2 Å². The van der Waals surface area contributed by atoms with Crippen molar-refractivity contribution < 1.29 is 4.79 Å². The number of para-hydroxylation sites is 1. The normalized spacial score (nSPS) is 20.8. The molecule has 2 N–H and O–H groups in total. The van der Waals surface area contributed by atoms with E-state index < -0.39 is 0 Å². The first kappa shape index (κ1) is 18.1. The summed E-state index contributed by atoms with van der Waals surface area (Å²) < 4.78 is 1.19. The number of amides is 1. The van der Waals surface area contributed by atoms with Crippen LogP contribution in [0.2, 0.25) is 0 Å². The van der Waals surface area contributed by atoms with E-state index in [9.17, 15) is 4.79 Å². The van der Waals surface area contributed by atoms with Gasteiger partial charge in [-0.2, -0.15) is 0 Å². The Balaban J connectivity index is 1.83. The van der Waals surface area contributed by atoms with E-state index in [0.29, 0.717) is 13.1 Å². The van der Waals surface area contributed by atoms with Gasteiger partial charge >= 0.3 is 0 Å². The van der Waals surface area contributed by atoms with Crippen LogP contribution in [-0.4, -0.2) is 35.9 Å². The first-order valence-electron chi connectivity index (χ1n) is 8.87. The summed E-state index contributed by atoms with van der Waals surface area (Å²) in [5, 5.41) is 1.08. The molecule has 0 spiro atoms. The Kier molecular flexibility index (Phi) is 5.25. The first-order valence-corrected chi connectivity index (χ1v) is 9.68. The van der Waals surface area contributed by atoms with Crippen molar-refractivity contribution in [2.75, 3.05) is 20.1 Å². The van der Waals surface area contributed by atoms with Gasteiger partial charge in [-0.25, -0.2) is 4.98 Å². The molecule has 1 aliphatic carbocycles. The van der Waals surface area contributed by atoms with Crippen molar-refractivity contribution >= 4 is 27.5 Å². The largest absolute Gasteiger partial charge is 0.345 e. The molecule has 4 nitrogen and oxygen atoms in total. The zero-order valence-corrected chi connectivity index (χ0v) is 16.1. The molecule has 0 fully saturated rings. The Morgan fingerprint density at radius 2 is 2.04 bits per heavy atom. The van der Waals surface area contributed by atoms with Gasteiger partial charge in [0, 0.05) is 19.5 Å². The second-order valence-electron chi connectivity index (χ2n) is 7.74. The maximum Gasteiger partial charge on any atom is 0.226 e. The van der Waals surface area contributed by atoms with Gasteiger partial charge in [0.2, 0.25) is 5.91 Å². The van der Waals surface area contributed by atoms with Gasteiger partial charge in [0.25, 0.3) is 0 Å². The fourth-order valence-corrected chi connectivity index (χ4v) is 4.62. The van der Waals surface area contributed by atoms with Crippen LogP contribution in [0.15, 0.2) is 36.4 Å². The molecule has 0 saturated carbocycles. The standard InChI is InChI=1S/C20H27N3OS/c1-20(2,12-21)13-23(3)19(24)15-9-5-4-8-14(15)18-22-16-10-6-7-11-17(16)25-18/h4-7,10-11,14-15H,8-9,12-13,21H2,1-3H3. The molecule has 0 saturated heterocycles. The number of carbonyl (C=O) groups excluding carboxylic acids is 1. The van der Waals surface area contributed by atoms with E-state index in [1.165, 1.54) is 4.70 Å². The Morgan fingerprint density at radius 3 is 2.76 bits per heavy atom. The lowest BCUT2D eigenvalue weighted by Crippen LogP contribution is -2.43. The topological polar surface area (TPSA) is 59.2 Å². The second kappa shape index (κ2) is 7.26. The number of carbonyl (C=O) groups is 1. The van der Waals surface area contributed by atoms with Crippen LogP contribution in [0.3, 0.4) is 0 Å². The monoisotopic (exact) mass is 357 g/mol. The summed E-state index contributed by atoms with van der Waals surface area (Å²) in [5.74, 6) is 0.331. The third kappa shape index (κ3) is 3.93. The Morgan fingerprint density at radius 1 is 1.32 bits per heavy atom. The van der Waals surface area contributed by atoms with Gasteiger partial charge in [-0.15, -0.1) is 11.3 Å². The van der Waals surface area contributed by atoms with Gasteiger partial charge in [0.05, 0.1) is 21.1 Å². The maximum atomic E-state index is 13.1. The van der Waals surface area contributed by atoms with E-state index in [0.717, 1.165) is 23.4 Å². The summed E-state index contributed by atoms with van der Waals surface area (Å²) in [6.07, 6.45) is 5.98. The first-order chi connectivity index (χ1) is 11.9. The fourth-order valence-electron chi connectivity index (χ4n) is 3.48. The molecule has 0 radical (unpaired) electrons. The van der Waals surface area contributed by atoms with E-state index >= 15 is 0 Å². The number of nitrogens with zero attached hydrogens (tertiary/aromatic N) is 2. The van der Waals surface area contributed by atoms with Crippen molar-refractivity contribution in [2.24, 2.45) is 17.1 Å². The minimum atomic E-state index is -0.0692. The summed E-state index contributed by atoms with van der Waals surface area (Å²) in [5.41, 5.74) is 6.80. The van der Waals surface area contributed by atoms with Crippen LogP contribution in [0, 0.1) is 11.3 Å². The highest BCUT2D eigenvalue weighted by Crippen LogP contribution is 2.39. The molecule has 2 unspecified atom stereocenters. The van der Waals surface area contributed by atoms with E-state index in [1.54, 1.807) is 11.3 Å². The average molecular weight is 358 g/mol. The molecule has 3 rings (SSSR count). The van der Waals surface area contributed by atoms with Crippen LogP contribution in [0.4, 0.5) is 0 Å². The number of hydrogen-bond donors (Lipinski definition) is 1. The van der Waals surface area contributed by atoms with Crippen LogP contribution in [-0.2, 0) is 4.79 Å². The number of thiazole rings is 1. The molecule has 25 heavy (non-hydrogen) atoms. The van der Waals surface area contributed by atoms with Crippen molar-refractivity contribution in [3.63, 3.8) is 0 Å². The number of benzene rings is 1. The second-order valence-corrected chi connectivity index (χ2v) is 8.80. The summed E-state index contributed by atoms with van der Waals surface area (Å²) in [6, 6.07) is 8.19. The highest BCUT2D eigenvalue weighted by atomic mass is 32.1. The maximum absolute atomic E-state index is 13.1. The van der Waals surface area contributed by atoms with Gasteiger partial charge < -0.3 is 10.6 Å². The van der Waals surface area contributed by atoms with Crippen molar-refractivity contribution in [1.82, 2.24) is 9.88 Å². The molecule has 1 amide bonds. The van der Waals surface area contributed by atoms with Crippen LogP contribution in [0.1, 0.15) is 37.6 Å². The smallest absolute Gasteiger partial charge is 0.226 e. The van der Waals surface area contributed by atoms with Crippen molar-refractivity contribution in [1.29, 1.82) is 0 Å². The highest BCUT2D eigenvalue weighted by Gasteiger charge is 2.35. The molecule has 0 bridgehead atoms. The molecule has 1 aliphatic rings.